The lowest BCUT2D eigenvalue weighted by molar-refractivity contribution is -0.119. The highest BCUT2D eigenvalue weighted by atomic mass is 19.1. The predicted molar refractivity (Wildman–Crippen MR) is 123 cm³/mol. The normalized spacial score (nSPS) is 14.3. The van der Waals surface area contributed by atoms with Crippen LogP contribution in [0, 0.1) is 5.82 Å². The second-order valence-electron chi connectivity index (χ2n) is 7.77. The summed E-state index contributed by atoms with van der Waals surface area (Å²) in [6, 6.07) is 16.6. The molecule has 0 aliphatic carbocycles. The van der Waals surface area contributed by atoms with Crippen molar-refractivity contribution in [3.63, 3.8) is 0 Å². The summed E-state index contributed by atoms with van der Waals surface area (Å²) in [6.07, 6.45) is 3.28. The van der Waals surface area contributed by atoms with Crippen LogP contribution in [0.1, 0.15) is 11.3 Å². The van der Waals surface area contributed by atoms with Gasteiger partial charge in [0.1, 0.15) is 11.5 Å². The molecule has 160 valence electrons. The smallest absolute Gasteiger partial charge is 0.268 e. The molecular formula is C25H16FN5O2. The molecule has 8 heteroatoms. The highest BCUT2D eigenvalue weighted by Gasteiger charge is 2.43. The minimum absolute atomic E-state index is 0.188. The first-order chi connectivity index (χ1) is 16.0. The van der Waals surface area contributed by atoms with Crippen molar-refractivity contribution in [1.82, 2.24) is 19.7 Å². The zero-order chi connectivity index (χ0) is 22.7. The Hall–Kier alpha value is -4.59. The topological polar surface area (TPSA) is 83.9 Å². The molecule has 2 aromatic carbocycles. The van der Waals surface area contributed by atoms with Crippen LogP contribution in [0.3, 0.4) is 0 Å². The number of para-hydroxylation sites is 1. The molecule has 33 heavy (non-hydrogen) atoms. The third kappa shape index (κ3) is 2.74. The fraction of sp³-hybridized carbons (Fsp3) is 0.0400. The van der Waals surface area contributed by atoms with Gasteiger partial charge in [-0.05, 0) is 42.5 Å². The number of nitrogens with zero attached hydrogens (tertiary/aromatic N) is 4. The second-order valence-corrected chi connectivity index (χ2v) is 7.77. The largest absolute Gasteiger partial charge is 0.360 e. The molecule has 1 N–H and O–H groups in total. The molecule has 6 rings (SSSR count). The standard InChI is InChI=1S/C25H16FN5O2/c1-30-23-17(8-5-11-27-23)22(29-30)21-20(18-13-28-19-12-14(26)9-10-16(18)19)24(32)31(25(21)33)15-6-3-2-4-7-15/h2-13,28H,1H3. The Morgan fingerprint density at radius 3 is 2.52 bits per heavy atom. The van der Waals surface area contributed by atoms with Crippen molar-refractivity contribution >= 4 is 50.6 Å². The Bertz CT molecular complexity index is 1630. The number of hydrogen-bond donors (Lipinski definition) is 1. The van der Waals surface area contributed by atoms with Crippen molar-refractivity contribution in [1.29, 1.82) is 0 Å². The summed E-state index contributed by atoms with van der Waals surface area (Å²) in [5.41, 5.74) is 2.88. The first kappa shape index (κ1) is 19.1. The first-order valence-corrected chi connectivity index (χ1v) is 10.3. The number of anilines is 1. The molecule has 7 nitrogen and oxygen atoms in total. The van der Waals surface area contributed by atoms with Gasteiger partial charge in [-0.2, -0.15) is 5.10 Å². The molecule has 0 bridgehead atoms. The molecule has 0 saturated heterocycles. The zero-order valence-corrected chi connectivity index (χ0v) is 17.4. The number of rotatable bonds is 3. The number of benzene rings is 2. The number of hydrogen-bond acceptors (Lipinski definition) is 4. The van der Waals surface area contributed by atoms with E-state index < -0.39 is 17.6 Å². The van der Waals surface area contributed by atoms with Crippen molar-refractivity contribution in [2.75, 3.05) is 4.90 Å². The summed E-state index contributed by atoms with van der Waals surface area (Å²) < 4.78 is 15.4. The van der Waals surface area contributed by atoms with Gasteiger partial charge in [0, 0.05) is 41.3 Å². The number of aryl methyl sites for hydroxylation is 1. The van der Waals surface area contributed by atoms with Crippen LogP contribution in [0.25, 0.3) is 33.1 Å². The molecule has 0 saturated carbocycles. The molecule has 4 heterocycles. The number of fused-ring (bicyclic) bond motifs is 2. The quantitative estimate of drug-likeness (QED) is 0.431. The number of H-pyrrole nitrogens is 1. The van der Waals surface area contributed by atoms with Crippen LogP contribution in [0.4, 0.5) is 10.1 Å². The van der Waals surface area contributed by atoms with Gasteiger partial charge in [0.15, 0.2) is 5.65 Å². The number of carbonyl (C=O) groups is 2. The lowest BCUT2D eigenvalue weighted by Gasteiger charge is -2.14. The number of nitrogens with one attached hydrogen (secondary N) is 1. The lowest BCUT2D eigenvalue weighted by Crippen LogP contribution is -2.31. The van der Waals surface area contributed by atoms with Crippen LogP contribution < -0.4 is 4.90 Å². The number of amides is 2. The number of halogens is 1. The molecule has 2 amide bonds. The Balaban J connectivity index is 1.67. The molecule has 3 aromatic heterocycles. The van der Waals surface area contributed by atoms with Crippen LogP contribution in [-0.2, 0) is 16.6 Å². The summed E-state index contributed by atoms with van der Waals surface area (Å²) in [7, 11) is 1.74. The third-order valence-corrected chi connectivity index (χ3v) is 5.85. The molecular weight excluding hydrogens is 421 g/mol. The van der Waals surface area contributed by atoms with Gasteiger partial charge >= 0.3 is 0 Å². The maximum atomic E-state index is 13.8. The van der Waals surface area contributed by atoms with E-state index in [-0.39, 0.29) is 11.1 Å². The van der Waals surface area contributed by atoms with Crippen molar-refractivity contribution < 1.29 is 14.0 Å². The highest BCUT2D eigenvalue weighted by Crippen LogP contribution is 2.41. The average Bonchev–Trinajstić information content (AvgIpc) is 3.46. The predicted octanol–water partition coefficient (Wildman–Crippen LogP) is 4.07. The van der Waals surface area contributed by atoms with E-state index in [9.17, 15) is 14.0 Å². The molecule has 0 spiro atoms. The van der Waals surface area contributed by atoms with Crippen molar-refractivity contribution in [3.05, 3.63) is 90.1 Å². The molecule has 0 radical (unpaired) electrons. The maximum Gasteiger partial charge on any atom is 0.268 e. The first-order valence-electron chi connectivity index (χ1n) is 10.3. The molecule has 0 fully saturated rings. The summed E-state index contributed by atoms with van der Waals surface area (Å²) in [4.78, 5) is 36.1. The van der Waals surface area contributed by atoms with Gasteiger partial charge in [0.2, 0.25) is 0 Å². The van der Waals surface area contributed by atoms with Crippen LogP contribution in [0.15, 0.2) is 73.1 Å². The lowest BCUT2D eigenvalue weighted by atomic mass is 9.98. The number of aromatic amines is 1. The van der Waals surface area contributed by atoms with E-state index in [0.717, 1.165) is 4.90 Å². The number of imide groups is 1. The summed E-state index contributed by atoms with van der Waals surface area (Å²) in [5.74, 6) is -1.33. The monoisotopic (exact) mass is 437 g/mol. The van der Waals surface area contributed by atoms with Crippen LogP contribution in [0.2, 0.25) is 0 Å². The van der Waals surface area contributed by atoms with E-state index in [1.165, 1.54) is 12.1 Å². The van der Waals surface area contributed by atoms with E-state index in [0.29, 0.717) is 38.9 Å². The Kier molecular flexibility index (Phi) is 4.03. The highest BCUT2D eigenvalue weighted by molar-refractivity contribution is 6.58. The minimum Gasteiger partial charge on any atom is -0.360 e. The molecule has 0 unspecified atom stereocenters. The van der Waals surface area contributed by atoms with Crippen molar-refractivity contribution in [2.45, 2.75) is 0 Å². The Labute approximate surface area is 186 Å². The maximum absolute atomic E-state index is 13.8. The van der Waals surface area contributed by atoms with E-state index >= 15 is 0 Å². The van der Waals surface area contributed by atoms with Gasteiger partial charge in [0.05, 0.1) is 16.8 Å². The van der Waals surface area contributed by atoms with E-state index in [4.69, 9.17) is 0 Å². The van der Waals surface area contributed by atoms with Crippen molar-refractivity contribution in [3.8, 4) is 0 Å². The van der Waals surface area contributed by atoms with Crippen LogP contribution in [0.5, 0.6) is 0 Å². The summed E-state index contributed by atoms with van der Waals surface area (Å²) in [6.45, 7) is 0. The molecule has 5 aromatic rings. The average molecular weight is 437 g/mol. The van der Waals surface area contributed by atoms with Gasteiger partial charge in [0.25, 0.3) is 11.8 Å². The van der Waals surface area contributed by atoms with E-state index in [1.54, 1.807) is 60.5 Å². The van der Waals surface area contributed by atoms with Gasteiger partial charge < -0.3 is 4.98 Å². The Morgan fingerprint density at radius 1 is 0.909 bits per heavy atom. The fourth-order valence-corrected chi connectivity index (χ4v) is 4.39. The minimum atomic E-state index is -0.471. The molecule has 1 aliphatic rings. The molecule has 0 atom stereocenters. The number of carbonyl (C=O) groups excluding carboxylic acids is 2. The number of aromatic nitrogens is 4. The van der Waals surface area contributed by atoms with Crippen LogP contribution >= 0.6 is 0 Å². The van der Waals surface area contributed by atoms with Crippen LogP contribution in [-0.4, -0.2) is 31.6 Å². The summed E-state index contributed by atoms with van der Waals surface area (Å²) >= 11 is 0. The molecule has 1 aliphatic heterocycles. The third-order valence-electron chi connectivity index (χ3n) is 5.85. The van der Waals surface area contributed by atoms with Gasteiger partial charge in [-0.1, -0.05) is 18.2 Å². The second kappa shape index (κ2) is 6.96. The van der Waals surface area contributed by atoms with E-state index in [1.807, 2.05) is 12.1 Å². The van der Waals surface area contributed by atoms with Gasteiger partial charge in [-0.25, -0.2) is 19.0 Å². The SMILES string of the molecule is Cn1nc(C2=C(c3c[nH]c4cc(F)ccc34)C(=O)N(c3ccccc3)C2=O)c2cccnc21. The zero-order valence-electron chi connectivity index (χ0n) is 17.4. The van der Waals surface area contributed by atoms with Gasteiger partial charge in [-0.15, -0.1) is 0 Å². The summed E-state index contributed by atoms with van der Waals surface area (Å²) in [5, 5.41) is 5.86. The van der Waals surface area contributed by atoms with E-state index in [2.05, 4.69) is 15.1 Å². The van der Waals surface area contributed by atoms with Crippen molar-refractivity contribution in [2.24, 2.45) is 7.05 Å². The Morgan fingerprint density at radius 2 is 1.70 bits per heavy atom. The number of pyridine rings is 1. The fourth-order valence-electron chi connectivity index (χ4n) is 4.39. The van der Waals surface area contributed by atoms with Gasteiger partial charge in [-0.3, -0.25) is 9.59 Å².